The Bertz CT molecular complexity index is 273. The zero-order chi connectivity index (χ0) is 14.3. The summed E-state index contributed by atoms with van der Waals surface area (Å²) in [4.78, 5) is 15.1. The van der Waals surface area contributed by atoms with Gasteiger partial charge in [-0.2, -0.15) is 0 Å². The number of ether oxygens (including phenoxy) is 2. The van der Waals surface area contributed by atoms with Crippen LogP contribution in [0.25, 0.3) is 0 Å². The number of hydrogen-bond acceptors (Lipinski definition) is 5. The Balaban J connectivity index is 2.45. The smallest absolute Gasteiger partial charge is 0.317 e. The zero-order valence-corrected chi connectivity index (χ0v) is 12.2. The molecule has 1 fully saturated rings. The van der Waals surface area contributed by atoms with Crippen molar-refractivity contribution < 1.29 is 19.4 Å². The fourth-order valence-corrected chi connectivity index (χ4v) is 2.26. The summed E-state index contributed by atoms with van der Waals surface area (Å²) in [5.41, 5.74) is 0. The molecule has 0 bridgehead atoms. The molecule has 0 spiro atoms. The first-order valence-electron chi connectivity index (χ1n) is 6.81. The molecule has 0 amide bonds. The molecule has 0 aromatic rings. The van der Waals surface area contributed by atoms with Crippen LogP contribution in [-0.2, 0) is 14.3 Å². The van der Waals surface area contributed by atoms with Crippen molar-refractivity contribution in [1.82, 2.24) is 9.80 Å². The molecular formula is C13H26N2O4. The molecule has 0 aromatic carbocycles. The van der Waals surface area contributed by atoms with Crippen LogP contribution in [0.4, 0.5) is 0 Å². The molecule has 1 aliphatic rings. The Morgan fingerprint density at radius 1 is 1.58 bits per heavy atom. The number of hydrogen-bond donors (Lipinski definition) is 1. The molecule has 6 nitrogen and oxygen atoms in total. The van der Waals surface area contributed by atoms with Gasteiger partial charge in [0.2, 0.25) is 0 Å². The fourth-order valence-electron chi connectivity index (χ4n) is 2.26. The van der Waals surface area contributed by atoms with Crippen LogP contribution in [0.2, 0.25) is 0 Å². The van der Waals surface area contributed by atoms with Gasteiger partial charge >= 0.3 is 5.97 Å². The van der Waals surface area contributed by atoms with Gasteiger partial charge in [0.1, 0.15) is 0 Å². The van der Waals surface area contributed by atoms with E-state index in [-0.39, 0.29) is 12.6 Å². The quantitative estimate of drug-likeness (QED) is 0.679. The van der Waals surface area contributed by atoms with Crippen molar-refractivity contribution >= 4 is 5.97 Å². The molecule has 112 valence electrons. The summed E-state index contributed by atoms with van der Waals surface area (Å²) < 4.78 is 10.7. The lowest BCUT2D eigenvalue weighted by molar-refractivity contribution is -0.139. The normalized spacial score (nSPS) is 21.2. The van der Waals surface area contributed by atoms with Gasteiger partial charge in [0.25, 0.3) is 0 Å². The fraction of sp³-hybridized carbons (Fsp3) is 0.923. The van der Waals surface area contributed by atoms with Gasteiger partial charge in [-0.05, 0) is 13.8 Å². The highest BCUT2D eigenvalue weighted by molar-refractivity contribution is 5.69. The average molecular weight is 274 g/mol. The molecule has 1 rings (SSSR count). The monoisotopic (exact) mass is 274 g/mol. The average Bonchev–Trinajstić information content (AvgIpc) is 2.35. The van der Waals surface area contributed by atoms with Crippen LogP contribution in [0.3, 0.4) is 0 Å². The van der Waals surface area contributed by atoms with Gasteiger partial charge in [0.15, 0.2) is 0 Å². The van der Waals surface area contributed by atoms with Crippen molar-refractivity contribution in [1.29, 1.82) is 0 Å². The number of morpholine rings is 1. The summed E-state index contributed by atoms with van der Waals surface area (Å²) in [5, 5.41) is 8.92. The van der Waals surface area contributed by atoms with E-state index in [0.717, 1.165) is 13.1 Å². The van der Waals surface area contributed by atoms with E-state index in [2.05, 4.69) is 18.7 Å². The Kier molecular flexibility index (Phi) is 7.30. The highest BCUT2D eigenvalue weighted by atomic mass is 16.5. The van der Waals surface area contributed by atoms with E-state index < -0.39 is 5.97 Å². The standard InChI is InChI=1S/C13H26N2O4/c1-11(2)15-5-7-19-12(9-15)8-14(4-6-18-3)10-13(16)17/h11-12H,4-10H2,1-3H3,(H,16,17). The minimum atomic E-state index is -0.812. The Hall–Kier alpha value is -0.690. The van der Waals surface area contributed by atoms with Crippen molar-refractivity contribution in [2.75, 3.05) is 53.0 Å². The number of carbonyl (C=O) groups is 1. The zero-order valence-electron chi connectivity index (χ0n) is 12.2. The molecule has 0 aliphatic carbocycles. The van der Waals surface area contributed by atoms with Crippen molar-refractivity contribution in [3.63, 3.8) is 0 Å². The molecule has 1 N–H and O–H groups in total. The number of rotatable bonds is 8. The first-order chi connectivity index (χ1) is 9.02. The van der Waals surface area contributed by atoms with E-state index in [4.69, 9.17) is 14.6 Å². The van der Waals surface area contributed by atoms with E-state index in [1.54, 1.807) is 7.11 Å². The van der Waals surface area contributed by atoms with E-state index in [1.807, 2.05) is 4.90 Å². The molecule has 0 radical (unpaired) electrons. The van der Waals surface area contributed by atoms with Crippen LogP contribution in [0, 0.1) is 0 Å². The Labute approximate surface area is 115 Å². The maximum Gasteiger partial charge on any atom is 0.317 e. The maximum atomic E-state index is 10.9. The van der Waals surface area contributed by atoms with Gasteiger partial charge in [-0.15, -0.1) is 0 Å². The van der Waals surface area contributed by atoms with Gasteiger partial charge in [-0.25, -0.2) is 0 Å². The second-order valence-corrected chi connectivity index (χ2v) is 5.20. The van der Waals surface area contributed by atoms with Gasteiger partial charge in [-0.3, -0.25) is 14.6 Å². The van der Waals surface area contributed by atoms with Crippen molar-refractivity contribution in [2.24, 2.45) is 0 Å². The molecule has 0 saturated carbocycles. The number of carboxylic acid groups (broad SMARTS) is 1. The summed E-state index contributed by atoms with van der Waals surface area (Å²) in [6.07, 6.45) is 0.0763. The number of carboxylic acids is 1. The summed E-state index contributed by atoms with van der Waals surface area (Å²) in [7, 11) is 1.62. The molecule has 19 heavy (non-hydrogen) atoms. The third kappa shape index (κ3) is 6.33. The second kappa shape index (κ2) is 8.47. The highest BCUT2D eigenvalue weighted by Crippen LogP contribution is 2.10. The van der Waals surface area contributed by atoms with Gasteiger partial charge < -0.3 is 14.6 Å². The third-order valence-electron chi connectivity index (χ3n) is 3.33. The molecular weight excluding hydrogens is 248 g/mol. The van der Waals surface area contributed by atoms with Crippen LogP contribution in [0.5, 0.6) is 0 Å². The van der Waals surface area contributed by atoms with Crippen LogP contribution in [0.15, 0.2) is 0 Å². The lowest BCUT2D eigenvalue weighted by atomic mass is 10.2. The summed E-state index contributed by atoms with van der Waals surface area (Å²) >= 11 is 0. The molecule has 1 saturated heterocycles. The third-order valence-corrected chi connectivity index (χ3v) is 3.33. The predicted molar refractivity (Wildman–Crippen MR) is 72.4 cm³/mol. The van der Waals surface area contributed by atoms with Gasteiger partial charge in [0, 0.05) is 39.3 Å². The van der Waals surface area contributed by atoms with Gasteiger partial charge in [0.05, 0.1) is 25.9 Å². The van der Waals surface area contributed by atoms with E-state index in [9.17, 15) is 4.79 Å². The number of methoxy groups -OCH3 is 1. The molecule has 1 atom stereocenters. The predicted octanol–water partition coefficient (Wildman–Crippen LogP) is 0.129. The topological polar surface area (TPSA) is 62.2 Å². The van der Waals surface area contributed by atoms with Crippen LogP contribution in [-0.4, -0.2) is 86.1 Å². The Morgan fingerprint density at radius 2 is 2.32 bits per heavy atom. The van der Waals surface area contributed by atoms with Crippen molar-refractivity contribution in [3.8, 4) is 0 Å². The lowest BCUT2D eigenvalue weighted by Crippen LogP contribution is -2.50. The Morgan fingerprint density at radius 3 is 2.89 bits per heavy atom. The SMILES string of the molecule is COCCN(CC(=O)O)CC1CN(C(C)C)CCO1. The summed E-state index contributed by atoms with van der Waals surface area (Å²) in [6, 6.07) is 0.498. The van der Waals surface area contributed by atoms with Gasteiger partial charge in [-0.1, -0.05) is 0 Å². The number of nitrogens with zero attached hydrogens (tertiary/aromatic N) is 2. The van der Waals surface area contributed by atoms with E-state index in [0.29, 0.717) is 32.3 Å². The molecule has 0 aromatic heterocycles. The largest absolute Gasteiger partial charge is 0.480 e. The minimum absolute atomic E-state index is 0.0326. The first-order valence-corrected chi connectivity index (χ1v) is 6.81. The number of aliphatic carboxylic acids is 1. The first kappa shape index (κ1) is 16.4. The summed E-state index contributed by atoms with van der Waals surface area (Å²) in [5.74, 6) is -0.812. The maximum absolute atomic E-state index is 10.9. The van der Waals surface area contributed by atoms with Crippen LogP contribution in [0.1, 0.15) is 13.8 Å². The second-order valence-electron chi connectivity index (χ2n) is 5.20. The molecule has 1 heterocycles. The minimum Gasteiger partial charge on any atom is -0.480 e. The summed E-state index contributed by atoms with van der Waals surface area (Å²) in [6.45, 7) is 8.69. The van der Waals surface area contributed by atoms with Crippen LogP contribution < -0.4 is 0 Å². The van der Waals surface area contributed by atoms with Crippen molar-refractivity contribution in [2.45, 2.75) is 26.0 Å². The molecule has 1 unspecified atom stereocenters. The van der Waals surface area contributed by atoms with E-state index in [1.165, 1.54) is 0 Å². The highest BCUT2D eigenvalue weighted by Gasteiger charge is 2.24. The lowest BCUT2D eigenvalue weighted by Gasteiger charge is -2.37. The van der Waals surface area contributed by atoms with E-state index >= 15 is 0 Å². The molecule has 1 aliphatic heterocycles. The van der Waals surface area contributed by atoms with Crippen LogP contribution >= 0.6 is 0 Å². The molecule has 6 heteroatoms. The van der Waals surface area contributed by atoms with Crippen molar-refractivity contribution in [3.05, 3.63) is 0 Å².